The third kappa shape index (κ3) is 5.09. The summed E-state index contributed by atoms with van der Waals surface area (Å²) in [5.74, 6) is 1.91. The van der Waals surface area contributed by atoms with Crippen LogP contribution < -0.4 is 0 Å². The van der Waals surface area contributed by atoms with E-state index in [0.717, 1.165) is 39.0 Å². The van der Waals surface area contributed by atoms with Crippen molar-refractivity contribution in [2.75, 3.05) is 0 Å². The number of benzene rings is 8. The molecule has 11 rings (SSSR count). The summed E-state index contributed by atoms with van der Waals surface area (Å²) in [7, 11) is 0. The van der Waals surface area contributed by atoms with Gasteiger partial charge in [0.25, 0.3) is 0 Å². The highest BCUT2D eigenvalue weighted by atomic mass is 32.1. The Morgan fingerprint density at radius 3 is 1.74 bits per heavy atom. The van der Waals surface area contributed by atoms with E-state index in [2.05, 4.69) is 180 Å². The van der Waals surface area contributed by atoms with Gasteiger partial charge in [0, 0.05) is 53.3 Å². The van der Waals surface area contributed by atoms with Crippen molar-refractivity contribution in [1.29, 1.82) is 0 Å². The highest BCUT2D eigenvalue weighted by Gasteiger charge is 2.17. The van der Waals surface area contributed by atoms with E-state index in [1.165, 1.54) is 47.2 Å². The molecular weight excluding hydrogens is 677 g/mol. The maximum absolute atomic E-state index is 5.20. The van der Waals surface area contributed by atoms with Gasteiger partial charge in [-0.15, -0.1) is 11.3 Å². The monoisotopic (exact) mass is 706 g/mol. The van der Waals surface area contributed by atoms with Crippen molar-refractivity contribution in [3.63, 3.8) is 0 Å². The van der Waals surface area contributed by atoms with Gasteiger partial charge in [0.15, 0.2) is 17.5 Å². The Labute approximate surface area is 315 Å². The van der Waals surface area contributed by atoms with Gasteiger partial charge < -0.3 is 4.57 Å². The van der Waals surface area contributed by atoms with Crippen LogP contribution in [0.4, 0.5) is 0 Å². The molecule has 54 heavy (non-hydrogen) atoms. The van der Waals surface area contributed by atoms with Gasteiger partial charge >= 0.3 is 0 Å². The van der Waals surface area contributed by atoms with E-state index in [-0.39, 0.29) is 0 Å². The number of fused-ring (bicyclic) bond motifs is 7. The number of para-hydroxylation sites is 1. The van der Waals surface area contributed by atoms with Crippen molar-refractivity contribution in [2.45, 2.75) is 0 Å². The zero-order valence-corrected chi connectivity index (χ0v) is 29.8. The zero-order chi connectivity index (χ0) is 35.6. The van der Waals surface area contributed by atoms with E-state index in [0.29, 0.717) is 17.5 Å². The van der Waals surface area contributed by atoms with Crippen LogP contribution in [0.15, 0.2) is 182 Å². The van der Waals surface area contributed by atoms with Crippen LogP contribution in [-0.4, -0.2) is 19.5 Å². The van der Waals surface area contributed by atoms with Crippen LogP contribution in [0.5, 0.6) is 0 Å². The summed E-state index contributed by atoms with van der Waals surface area (Å²) in [5.41, 5.74) is 8.46. The lowest BCUT2D eigenvalue weighted by atomic mass is 10.0. The summed E-state index contributed by atoms with van der Waals surface area (Å²) >= 11 is 1.80. The maximum atomic E-state index is 5.20. The first kappa shape index (κ1) is 30.7. The molecule has 3 heterocycles. The zero-order valence-electron chi connectivity index (χ0n) is 29.0. The molecule has 0 unspecified atom stereocenters. The SMILES string of the molecule is c1ccc(-c2cccc(-c3nc(-c4cccc(-n5c6ccccc6c6cc7ccccc7cc65)c4)nc(-c4ccc5c(c4)sc4ccccc45)n3)c2)cc1. The van der Waals surface area contributed by atoms with Crippen LogP contribution in [0.1, 0.15) is 0 Å². The molecule has 0 saturated heterocycles. The second-order valence-electron chi connectivity index (χ2n) is 13.7. The van der Waals surface area contributed by atoms with Gasteiger partial charge in [0.05, 0.1) is 11.0 Å². The number of rotatable bonds is 5. The van der Waals surface area contributed by atoms with E-state index < -0.39 is 0 Å². The number of aromatic nitrogens is 4. The molecule has 3 aromatic heterocycles. The van der Waals surface area contributed by atoms with Crippen molar-refractivity contribution < 1.29 is 0 Å². The fourth-order valence-corrected chi connectivity index (χ4v) is 8.96. The van der Waals surface area contributed by atoms with E-state index in [1.54, 1.807) is 11.3 Å². The lowest BCUT2D eigenvalue weighted by Gasteiger charge is -2.12. The minimum absolute atomic E-state index is 0.629. The lowest BCUT2D eigenvalue weighted by molar-refractivity contribution is 1.07. The minimum atomic E-state index is 0.629. The molecule has 0 atom stereocenters. The molecule has 0 N–H and O–H groups in total. The van der Waals surface area contributed by atoms with Crippen LogP contribution in [0.25, 0.3) is 104 Å². The van der Waals surface area contributed by atoms with Crippen molar-refractivity contribution in [3.8, 4) is 51.0 Å². The van der Waals surface area contributed by atoms with Gasteiger partial charge in [-0.05, 0) is 70.4 Å². The van der Waals surface area contributed by atoms with E-state index in [1.807, 2.05) is 6.07 Å². The number of thiophene rings is 1. The Bertz CT molecular complexity index is 3230. The summed E-state index contributed by atoms with van der Waals surface area (Å²) in [6.07, 6.45) is 0. The van der Waals surface area contributed by atoms with Crippen LogP contribution in [0, 0.1) is 0 Å². The molecule has 0 radical (unpaired) electrons. The summed E-state index contributed by atoms with van der Waals surface area (Å²) in [5, 5.41) is 7.42. The van der Waals surface area contributed by atoms with Gasteiger partial charge in [-0.2, -0.15) is 0 Å². The predicted molar refractivity (Wildman–Crippen MR) is 226 cm³/mol. The van der Waals surface area contributed by atoms with Crippen molar-refractivity contribution in [1.82, 2.24) is 19.5 Å². The highest BCUT2D eigenvalue weighted by Crippen LogP contribution is 2.38. The third-order valence-corrected chi connectivity index (χ3v) is 11.5. The summed E-state index contributed by atoms with van der Waals surface area (Å²) in [6.45, 7) is 0. The average molecular weight is 707 g/mol. The molecule has 0 amide bonds. The second kappa shape index (κ2) is 12.3. The standard InChI is InChI=1S/C49H30N4S/c1-2-12-31(13-3-1)32-16-10-17-35(26-32)47-50-48(52-49(51-47)37-24-25-41-40-21-7-9-23-45(40)54-46(41)30-37)36-18-11-19-38(27-36)53-43-22-8-6-20-39(43)42-28-33-14-4-5-15-34(33)29-44(42)53/h1-30H. The van der Waals surface area contributed by atoms with Crippen LogP contribution in [0.3, 0.4) is 0 Å². The first-order valence-corrected chi connectivity index (χ1v) is 18.9. The molecule has 0 spiro atoms. The molecule has 0 aliphatic carbocycles. The Balaban J connectivity index is 1.11. The molecule has 5 heteroatoms. The van der Waals surface area contributed by atoms with Crippen LogP contribution in [0.2, 0.25) is 0 Å². The number of hydrogen-bond acceptors (Lipinski definition) is 4. The van der Waals surface area contributed by atoms with Crippen molar-refractivity contribution in [2.24, 2.45) is 0 Å². The Hall–Kier alpha value is -6.95. The van der Waals surface area contributed by atoms with Gasteiger partial charge in [0.1, 0.15) is 0 Å². The van der Waals surface area contributed by atoms with Crippen molar-refractivity contribution >= 4 is 64.1 Å². The number of nitrogens with zero attached hydrogens (tertiary/aromatic N) is 4. The summed E-state index contributed by atoms with van der Waals surface area (Å²) in [6, 6.07) is 64.5. The molecule has 0 aliphatic rings. The average Bonchev–Trinajstić information content (AvgIpc) is 3.78. The van der Waals surface area contributed by atoms with Gasteiger partial charge in [0.2, 0.25) is 0 Å². The molecule has 252 valence electrons. The fraction of sp³-hybridized carbons (Fsp3) is 0. The molecule has 0 saturated carbocycles. The normalized spacial score (nSPS) is 11.7. The minimum Gasteiger partial charge on any atom is -0.309 e. The summed E-state index contributed by atoms with van der Waals surface area (Å²) in [4.78, 5) is 15.5. The highest BCUT2D eigenvalue weighted by molar-refractivity contribution is 7.25. The van der Waals surface area contributed by atoms with Crippen molar-refractivity contribution in [3.05, 3.63) is 182 Å². The molecule has 0 bridgehead atoms. The Morgan fingerprint density at radius 2 is 0.926 bits per heavy atom. The first-order valence-electron chi connectivity index (χ1n) is 18.1. The molecule has 4 nitrogen and oxygen atoms in total. The van der Waals surface area contributed by atoms with Gasteiger partial charge in [-0.3, -0.25) is 0 Å². The lowest BCUT2D eigenvalue weighted by Crippen LogP contribution is -2.01. The number of hydrogen-bond donors (Lipinski definition) is 0. The van der Waals surface area contributed by atoms with E-state index in [4.69, 9.17) is 15.0 Å². The fourth-order valence-electron chi connectivity index (χ4n) is 7.81. The Kier molecular flexibility index (Phi) is 7.00. The van der Waals surface area contributed by atoms with E-state index in [9.17, 15) is 0 Å². The van der Waals surface area contributed by atoms with Crippen LogP contribution in [-0.2, 0) is 0 Å². The third-order valence-electron chi connectivity index (χ3n) is 10.4. The molecular formula is C49H30N4S. The summed E-state index contributed by atoms with van der Waals surface area (Å²) < 4.78 is 4.85. The van der Waals surface area contributed by atoms with E-state index >= 15 is 0 Å². The quantitative estimate of drug-likeness (QED) is 0.179. The maximum Gasteiger partial charge on any atom is 0.164 e. The molecule has 0 aliphatic heterocycles. The van der Waals surface area contributed by atoms with Crippen LogP contribution >= 0.6 is 11.3 Å². The van der Waals surface area contributed by atoms with Gasteiger partial charge in [-0.25, -0.2) is 15.0 Å². The largest absolute Gasteiger partial charge is 0.309 e. The van der Waals surface area contributed by atoms with Gasteiger partial charge in [-0.1, -0.05) is 133 Å². The smallest absolute Gasteiger partial charge is 0.164 e. The molecule has 8 aromatic carbocycles. The second-order valence-corrected chi connectivity index (χ2v) is 14.8. The first-order chi connectivity index (χ1) is 26.7. The predicted octanol–water partition coefficient (Wildman–Crippen LogP) is 13.2. The molecule has 11 aromatic rings. The Morgan fingerprint density at radius 1 is 0.333 bits per heavy atom. The molecule has 0 fully saturated rings. The topological polar surface area (TPSA) is 43.6 Å².